The second kappa shape index (κ2) is 9.70. The summed E-state index contributed by atoms with van der Waals surface area (Å²) < 4.78 is 49.4. The Morgan fingerprint density at radius 2 is 2.03 bits per heavy atom. The molecule has 1 aromatic heterocycles. The Labute approximate surface area is 192 Å². The highest BCUT2D eigenvalue weighted by Crippen LogP contribution is 2.42. The number of allylic oxidation sites excluding steroid dienone is 2. The number of rotatable bonds is 7. The standard InChI is InChI=1S/C22H20ClF3N2O5/c1-11(28-32-3)6-12-7-17(29)19(20(12)30)15-9-14(4-5-18(15)31-2)33-21-16(23)8-13(10-27-21)22(24,25)26/h4-5,8-10,12,30H,6-7H2,1-3H3. The molecule has 0 radical (unpaired) electrons. The number of Topliss-reactive ketones (excluding diaryl/α,β-unsaturated/α-hetero) is 1. The van der Waals surface area contributed by atoms with Crippen molar-refractivity contribution in [2.24, 2.45) is 11.1 Å². The number of benzene rings is 1. The summed E-state index contributed by atoms with van der Waals surface area (Å²) in [5.41, 5.74) is -0.0706. The van der Waals surface area contributed by atoms with Gasteiger partial charge in [-0.2, -0.15) is 13.2 Å². The lowest BCUT2D eigenvalue weighted by Gasteiger charge is -2.14. The minimum absolute atomic E-state index is 0.0677. The number of carbonyl (C=O) groups excluding carboxylic acids is 1. The normalized spacial score (nSPS) is 16.9. The lowest BCUT2D eigenvalue weighted by molar-refractivity contribution is -0.137. The Morgan fingerprint density at radius 1 is 1.30 bits per heavy atom. The number of methoxy groups -OCH3 is 1. The van der Waals surface area contributed by atoms with Gasteiger partial charge in [0.1, 0.15) is 29.4 Å². The van der Waals surface area contributed by atoms with Gasteiger partial charge in [0, 0.05) is 24.1 Å². The van der Waals surface area contributed by atoms with Gasteiger partial charge in [-0.05, 0) is 37.6 Å². The van der Waals surface area contributed by atoms with Crippen LogP contribution in [0.15, 0.2) is 41.4 Å². The molecule has 7 nitrogen and oxygen atoms in total. The number of ether oxygens (including phenoxy) is 2. The van der Waals surface area contributed by atoms with Crippen molar-refractivity contribution in [3.63, 3.8) is 0 Å². The highest BCUT2D eigenvalue weighted by atomic mass is 35.5. The van der Waals surface area contributed by atoms with Crippen LogP contribution < -0.4 is 9.47 Å². The minimum Gasteiger partial charge on any atom is -0.511 e. The average molecular weight is 485 g/mol. The van der Waals surface area contributed by atoms with Crippen LogP contribution in [-0.4, -0.2) is 35.8 Å². The molecule has 1 aliphatic carbocycles. The van der Waals surface area contributed by atoms with E-state index in [1.54, 1.807) is 6.92 Å². The molecule has 1 aliphatic rings. The number of oxime groups is 1. The van der Waals surface area contributed by atoms with E-state index in [0.29, 0.717) is 30.1 Å². The van der Waals surface area contributed by atoms with E-state index < -0.39 is 17.7 Å². The van der Waals surface area contributed by atoms with Crippen LogP contribution in [0.5, 0.6) is 17.4 Å². The second-order valence-electron chi connectivity index (χ2n) is 7.27. The van der Waals surface area contributed by atoms with Crippen molar-refractivity contribution in [2.75, 3.05) is 14.2 Å². The summed E-state index contributed by atoms with van der Waals surface area (Å²) in [6.45, 7) is 1.72. The Hall–Kier alpha value is -3.27. The van der Waals surface area contributed by atoms with E-state index in [1.807, 2.05) is 0 Å². The third-order valence-electron chi connectivity index (χ3n) is 4.93. The van der Waals surface area contributed by atoms with Gasteiger partial charge in [-0.3, -0.25) is 4.79 Å². The summed E-state index contributed by atoms with van der Waals surface area (Å²) >= 11 is 5.91. The van der Waals surface area contributed by atoms with E-state index in [9.17, 15) is 23.1 Å². The zero-order chi connectivity index (χ0) is 24.3. The van der Waals surface area contributed by atoms with Crippen molar-refractivity contribution < 1.29 is 37.4 Å². The van der Waals surface area contributed by atoms with Gasteiger partial charge in [-0.15, -0.1) is 0 Å². The first-order chi connectivity index (χ1) is 15.5. The fraction of sp³-hybridized carbons (Fsp3) is 0.318. The molecular formula is C22H20ClF3N2O5. The summed E-state index contributed by atoms with van der Waals surface area (Å²) in [7, 11) is 2.80. The number of aliphatic hydroxyl groups is 1. The molecule has 176 valence electrons. The summed E-state index contributed by atoms with van der Waals surface area (Å²) in [6.07, 6.45) is -3.61. The quantitative estimate of drug-likeness (QED) is 0.393. The van der Waals surface area contributed by atoms with Gasteiger partial charge in [0.2, 0.25) is 5.88 Å². The Kier molecular flexibility index (Phi) is 7.16. The Bertz CT molecular complexity index is 1130. The monoisotopic (exact) mass is 484 g/mol. The number of aromatic nitrogens is 1. The Morgan fingerprint density at radius 3 is 2.64 bits per heavy atom. The summed E-state index contributed by atoms with van der Waals surface area (Å²) in [6, 6.07) is 5.11. The third-order valence-corrected chi connectivity index (χ3v) is 5.20. The first-order valence-corrected chi connectivity index (χ1v) is 10.0. The molecular weight excluding hydrogens is 465 g/mol. The molecule has 0 saturated heterocycles. The van der Waals surface area contributed by atoms with Crippen LogP contribution in [0.1, 0.15) is 30.9 Å². The molecule has 2 aromatic rings. The molecule has 1 unspecified atom stereocenters. The molecule has 1 heterocycles. The average Bonchev–Trinajstić information content (AvgIpc) is 3.01. The molecule has 1 N–H and O–H groups in total. The maximum Gasteiger partial charge on any atom is 0.417 e. The summed E-state index contributed by atoms with van der Waals surface area (Å²) in [5, 5.41) is 14.2. The number of hydrogen-bond acceptors (Lipinski definition) is 7. The van der Waals surface area contributed by atoms with Gasteiger partial charge in [0.15, 0.2) is 5.78 Å². The minimum atomic E-state index is -4.60. The topological polar surface area (TPSA) is 90.2 Å². The second-order valence-corrected chi connectivity index (χ2v) is 7.68. The molecule has 0 saturated carbocycles. The van der Waals surface area contributed by atoms with Crippen LogP contribution >= 0.6 is 11.6 Å². The molecule has 1 atom stereocenters. The molecule has 0 spiro atoms. The predicted molar refractivity (Wildman–Crippen MR) is 115 cm³/mol. The van der Waals surface area contributed by atoms with Crippen LogP contribution in [0, 0.1) is 5.92 Å². The van der Waals surface area contributed by atoms with E-state index in [2.05, 4.69) is 10.1 Å². The SMILES string of the molecule is CON=C(C)CC1CC(=O)C(c2cc(Oc3ncc(C(F)(F)F)cc3Cl)ccc2OC)=C1O. The third kappa shape index (κ3) is 5.39. The number of pyridine rings is 1. The highest BCUT2D eigenvalue weighted by molar-refractivity contribution is 6.31. The zero-order valence-corrected chi connectivity index (χ0v) is 18.6. The maximum atomic E-state index is 12.8. The summed E-state index contributed by atoms with van der Waals surface area (Å²) in [5.74, 6) is -0.719. The Balaban J connectivity index is 1.96. The van der Waals surface area contributed by atoms with Crippen LogP contribution in [0.3, 0.4) is 0 Å². The van der Waals surface area contributed by atoms with Gasteiger partial charge in [0.05, 0.1) is 24.0 Å². The number of ketones is 1. The van der Waals surface area contributed by atoms with Crippen molar-refractivity contribution in [2.45, 2.75) is 25.9 Å². The van der Waals surface area contributed by atoms with E-state index in [1.165, 1.54) is 32.4 Å². The van der Waals surface area contributed by atoms with Crippen molar-refractivity contribution in [1.29, 1.82) is 0 Å². The van der Waals surface area contributed by atoms with Gasteiger partial charge in [-0.1, -0.05) is 16.8 Å². The van der Waals surface area contributed by atoms with Crippen molar-refractivity contribution >= 4 is 28.7 Å². The number of nitrogens with zero attached hydrogens (tertiary/aromatic N) is 2. The van der Waals surface area contributed by atoms with Crippen LogP contribution in [-0.2, 0) is 15.8 Å². The number of carbonyl (C=O) groups is 1. The number of alkyl halides is 3. The smallest absolute Gasteiger partial charge is 0.417 e. The molecule has 0 aliphatic heterocycles. The van der Waals surface area contributed by atoms with Gasteiger partial charge >= 0.3 is 6.18 Å². The van der Waals surface area contributed by atoms with Crippen molar-refractivity contribution in [3.8, 4) is 17.4 Å². The van der Waals surface area contributed by atoms with E-state index in [0.717, 1.165) is 0 Å². The summed E-state index contributed by atoms with van der Waals surface area (Å²) in [4.78, 5) is 21.1. The molecule has 1 aromatic carbocycles. The van der Waals surface area contributed by atoms with E-state index in [-0.39, 0.29) is 45.8 Å². The van der Waals surface area contributed by atoms with Gasteiger partial charge in [0.25, 0.3) is 0 Å². The molecule has 0 bridgehead atoms. The number of hydrogen-bond donors (Lipinski definition) is 1. The largest absolute Gasteiger partial charge is 0.511 e. The predicted octanol–water partition coefficient (Wildman–Crippen LogP) is 5.83. The zero-order valence-electron chi connectivity index (χ0n) is 17.9. The highest BCUT2D eigenvalue weighted by Gasteiger charge is 2.35. The lowest BCUT2D eigenvalue weighted by atomic mass is 10.0. The van der Waals surface area contributed by atoms with E-state index >= 15 is 0 Å². The first-order valence-electron chi connectivity index (χ1n) is 9.67. The maximum absolute atomic E-state index is 12.8. The fourth-order valence-electron chi connectivity index (χ4n) is 3.49. The molecule has 0 amide bonds. The lowest BCUT2D eigenvalue weighted by Crippen LogP contribution is -2.06. The van der Waals surface area contributed by atoms with E-state index in [4.69, 9.17) is 25.9 Å². The first kappa shape index (κ1) is 24.4. The molecule has 0 fully saturated rings. The molecule has 11 heteroatoms. The van der Waals surface area contributed by atoms with Gasteiger partial charge in [-0.25, -0.2) is 4.98 Å². The fourth-order valence-corrected chi connectivity index (χ4v) is 3.69. The van der Waals surface area contributed by atoms with Crippen molar-refractivity contribution in [3.05, 3.63) is 52.4 Å². The van der Waals surface area contributed by atoms with Crippen LogP contribution in [0.2, 0.25) is 5.02 Å². The molecule has 33 heavy (non-hydrogen) atoms. The number of halogens is 4. The number of aliphatic hydroxyl groups excluding tert-OH is 1. The van der Waals surface area contributed by atoms with Crippen LogP contribution in [0.25, 0.3) is 5.57 Å². The van der Waals surface area contributed by atoms with Crippen LogP contribution in [0.4, 0.5) is 13.2 Å². The van der Waals surface area contributed by atoms with Crippen molar-refractivity contribution in [1.82, 2.24) is 4.98 Å². The van der Waals surface area contributed by atoms with Gasteiger partial charge < -0.3 is 19.4 Å². The molecule has 3 rings (SSSR count).